The van der Waals surface area contributed by atoms with Crippen molar-refractivity contribution in [3.63, 3.8) is 0 Å². The van der Waals surface area contributed by atoms with Crippen molar-refractivity contribution in [3.05, 3.63) is 22.8 Å². The molecule has 76 valence electrons. The van der Waals surface area contributed by atoms with Crippen molar-refractivity contribution in [1.82, 2.24) is 9.55 Å². The zero-order chi connectivity index (χ0) is 11.0. The number of thiazole rings is 1. The van der Waals surface area contributed by atoms with Gasteiger partial charge in [-0.05, 0) is 6.08 Å². The summed E-state index contributed by atoms with van der Waals surface area (Å²) >= 11 is 1.44. The van der Waals surface area contributed by atoms with Crippen LogP contribution in [0.2, 0.25) is 0 Å². The lowest BCUT2D eigenvalue weighted by Crippen LogP contribution is -1.97. The second kappa shape index (κ2) is 3.43. The van der Waals surface area contributed by atoms with Crippen molar-refractivity contribution in [1.29, 1.82) is 5.41 Å². The van der Waals surface area contributed by atoms with E-state index in [0.29, 0.717) is 11.3 Å². The molecule has 4 nitrogen and oxygen atoms in total. The van der Waals surface area contributed by atoms with Crippen molar-refractivity contribution >= 4 is 40.3 Å². The van der Waals surface area contributed by atoms with Crippen LogP contribution in [0.25, 0.3) is 16.4 Å². The maximum absolute atomic E-state index is 10.9. The Bertz CT molecular complexity index is 565. The van der Waals surface area contributed by atoms with Crippen molar-refractivity contribution in [2.75, 3.05) is 0 Å². The maximum atomic E-state index is 10.9. The number of hydrogen-bond donors (Lipinski definition) is 1. The Morgan fingerprint density at radius 1 is 1.60 bits per heavy atom. The molecule has 0 amide bonds. The Morgan fingerprint density at radius 2 is 2.33 bits per heavy atom. The van der Waals surface area contributed by atoms with Gasteiger partial charge in [-0.1, -0.05) is 6.58 Å². The highest BCUT2D eigenvalue weighted by molar-refractivity contribution is 7.19. The summed E-state index contributed by atoms with van der Waals surface area (Å²) in [6, 6.07) is 0. The molecule has 0 bridgehead atoms. The van der Waals surface area contributed by atoms with Gasteiger partial charge in [0, 0.05) is 18.8 Å². The highest BCUT2D eigenvalue weighted by Crippen LogP contribution is 2.29. The van der Waals surface area contributed by atoms with Crippen LogP contribution in [-0.2, 0) is 7.05 Å². The fraction of sp³-hybridized carbons (Fsp3) is 0.100. The lowest BCUT2D eigenvalue weighted by molar-refractivity contribution is 0.111. The van der Waals surface area contributed by atoms with E-state index in [2.05, 4.69) is 11.6 Å². The van der Waals surface area contributed by atoms with E-state index in [9.17, 15) is 4.79 Å². The van der Waals surface area contributed by atoms with Gasteiger partial charge in [-0.2, -0.15) is 0 Å². The second-order valence-corrected chi connectivity index (χ2v) is 4.06. The first-order chi connectivity index (χ1) is 7.22. The topological polar surface area (TPSA) is 58.7 Å². The lowest BCUT2D eigenvalue weighted by Gasteiger charge is -1.95. The number of aryl methyl sites for hydroxylation is 1. The Kier molecular flexibility index (Phi) is 2.24. The molecule has 2 heterocycles. The molecule has 2 aromatic heterocycles. The molecule has 1 N–H and O–H groups in total. The standard InChI is InChI=1S/C10H9N3OS/c1-3-8-12-10-9(15-8)6(4-11)7(5-14)13(10)2/h3-5,11H,1H2,2H3. The highest BCUT2D eigenvalue weighted by atomic mass is 32.1. The first-order valence-corrected chi connectivity index (χ1v) is 5.12. The van der Waals surface area contributed by atoms with Gasteiger partial charge in [0.15, 0.2) is 11.9 Å². The maximum Gasteiger partial charge on any atom is 0.167 e. The van der Waals surface area contributed by atoms with E-state index in [1.54, 1.807) is 17.7 Å². The van der Waals surface area contributed by atoms with Gasteiger partial charge in [0.05, 0.1) is 10.4 Å². The summed E-state index contributed by atoms with van der Waals surface area (Å²) in [4.78, 5) is 15.2. The molecular weight excluding hydrogens is 210 g/mol. The van der Waals surface area contributed by atoms with Gasteiger partial charge < -0.3 is 9.98 Å². The van der Waals surface area contributed by atoms with Gasteiger partial charge in [0.25, 0.3) is 0 Å². The molecule has 0 saturated heterocycles. The summed E-state index contributed by atoms with van der Waals surface area (Å²) in [6.45, 7) is 3.65. The molecule has 0 saturated carbocycles. The first-order valence-electron chi connectivity index (χ1n) is 4.30. The fourth-order valence-electron chi connectivity index (χ4n) is 1.51. The third-order valence-electron chi connectivity index (χ3n) is 2.26. The summed E-state index contributed by atoms with van der Waals surface area (Å²) in [5.74, 6) is 0. The molecule has 0 aromatic carbocycles. The molecule has 0 aliphatic carbocycles. The van der Waals surface area contributed by atoms with Gasteiger partial charge in [0.1, 0.15) is 5.01 Å². The minimum atomic E-state index is 0.495. The van der Waals surface area contributed by atoms with E-state index < -0.39 is 0 Å². The number of carbonyl (C=O) groups is 1. The van der Waals surface area contributed by atoms with Crippen molar-refractivity contribution in [2.45, 2.75) is 0 Å². The summed E-state index contributed by atoms with van der Waals surface area (Å²) in [5, 5.41) is 8.11. The van der Waals surface area contributed by atoms with Crippen molar-refractivity contribution in [2.24, 2.45) is 7.05 Å². The quantitative estimate of drug-likeness (QED) is 0.634. The predicted molar refractivity (Wildman–Crippen MR) is 62.0 cm³/mol. The molecular formula is C10H9N3OS. The van der Waals surface area contributed by atoms with E-state index >= 15 is 0 Å². The molecule has 2 rings (SSSR count). The minimum Gasteiger partial charge on any atom is -0.325 e. The summed E-state index contributed by atoms with van der Waals surface area (Å²) in [5.41, 5.74) is 1.86. The van der Waals surface area contributed by atoms with Crippen LogP contribution in [0.3, 0.4) is 0 Å². The van der Waals surface area contributed by atoms with Crippen LogP contribution in [0.15, 0.2) is 6.58 Å². The van der Waals surface area contributed by atoms with E-state index in [1.807, 2.05) is 0 Å². The van der Waals surface area contributed by atoms with E-state index in [1.165, 1.54) is 17.6 Å². The summed E-state index contributed by atoms with van der Waals surface area (Å²) < 4.78 is 2.57. The summed E-state index contributed by atoms with van der Waals surface area (Å²) in [7, 11) is 1.77. The summed E-state index contributed by atoms with van der Waals surface area (Å²) in [6.07, 6.45) is 3.61. The van der Waals surface area contributed by atoms with E-state index in [-0.39, 0.29) is 0 Å². The average Bonchev–Trinajstić information content (AvgIpc) is 2.76. The molecule has 2 aromatic rings. The molecule has 0 radical (unpaired) electrons. The molecule has 0 unspecified atom stereocenters. The van der Waals surface area contributed by atoms with Crippen LogP contribution in [0.4, 0.5) is 0 Å². The Balaban J connectivity index is 2.90. The number of fused-ring (bicyclic) bond motifs is 1. The highest BCUT2D eigenvalue weighted by Gasteiger charge is 2.16. The Labute approximate surface area is 90.4 Å². The second-order valence-electron chi connectivity index (χ2n) is 3.03. The smallest absolute Gasteiger partial charge is 0.167 e. The third kappa shape index (κ3) is 1.24. The number of aromatic nitrogens is 2. The average molecular weight is 219 g/mol. The van der Waals surface area contributed by atoms with Crippen LogP contribution in [0.5, 0.6) is 0 Å². The minimum absolute atomic E-state index is 0.495. The Morgan fingerprint density at radius 3 is 2.87 bits per heavy atom. The normalized spacial score (nSPS) is 10.5. The number of hydrogen-bond acceptors (Lipinski definition) is 4. The molecule has 0 spiro atoms. The van der Waals surface area contributed by atoms with Crippen LogP contribution in [0.1, 0.15) is 21.1 Å². The van der Waals surface area contributed by atoms with Crippen molar-refractivity contribution in [3.8, 4) is 0 Å². The SMILES string of the molecule is C=Cc1nc2c(s1)c(C=N)c(C=O)n2C. The van der Waals surface area contributed by atoms with Crippen LogP contribution >= 0.6 is 11.3 Å². The number of nitrogens with zero attached hydrogens (tertiary/aromatic N) is 2. The molecule has 0 atom stereocenters. The van der Waals surface area contributed by atoms with Crippen LogP contribution in [-0.4, -0.2) is 22.1 Å². The van der Waals surface area contributed by atoms with Gasteiger partial charge in [-0.15, -0.1) is 11.3 Å². The number of rotatable bonds is 3. The Hall–Kier alpha value is -1.75. The van der Waals surface area contributed by atoms with Gasteiger partial charge in [-0.25, -0.2) is 4.98 Å². The zero-order valence-corrected chi connectivity index (χ0v) is 8.97. The molecule has 0 aliphatic heterocycles. The monoisotopic (exact) mass is 219 g/mol. The van der Waals surface area contributed by atoms with Crippen LogP contribution < -0.4 is 0 Å². The fourth-order valence-corrected chi connectivity index (χ4v) is 2.48. The number of aldehydes is 1. The van der Waals surface area contributed by atoms with Crippen molar-refractivity contribution < 1.29 is 4.79 Å². The lowest BCUT2D eigenvalue weighted by atomic mass is 10.3. The molecule has 5 heteroatoms. The van der Waals surface area contributed by atoms with E-state index in [4.69, 9.17) is 5.41 Å². The van der Waals surface area contributed by atoms with Gasteiger partial charge in [-0.3, -0.25) is 4.79 Å². The number of carbonyl (C=O) groups excluding carboxylic acids is 1. The molecule has 0 aliphatic rings. The largest absolute Gasteiger partial charge is 0.325 e. The third-order valence-corrected chi connectivity index (χ3v) is 3.33. The predicted octanol–water partition coefficient (Wildman–Crippen LogP) is 2.09. The van der Waals surface area contributed by atoms with Crippen LogP contribution in [0, 0.1) is 5.41 Å². The van der Waals surface area contributed by atoms with Gasteiger partial charge >= 0.3 is 0 Å². The first kappa shape index (κ1) is 9.79. The van der Waals surface area contributed by atoms with Gasteiger partial charge in [0.2, 0.25) is 0 Å². The zero-order valence-electron chi connectivity index (χ0n) is 8.15. The number of nitrogens with one attached hydrogen (secondary N) is 1. The molecule has 0 fully saturated rings. The molecule has 15 heavy (non-hydrogen) atoms. The van der Waals surface area contributed by atoms with E-state index in [0.717, 1.165) is 21.6 Å².